The number of H-pyrrole nitrogens is 1. The molecule has 3 nitrogen and oxygen atoms in total. The Bertz CT molecular complexity index is 371. The monoisotopic (exact) mass is 231 g/mol. The third-order valence-electron chi connectivity index (χ3n) is 1.37. The highest BCUT2D eigenvalue weighted by molar-refractivity contribution is 7.98. The van der Waals surface area contributed by atoms with E-state index in [1.807, 2.05) is 12.1 Å². The number of thiophene rings is 1. The van der Waals surface area contributed by atoms with Crippen LogP contribution in [0.1, 0.15) is 4.88 Å². The first-order chi connectivity index (χ1) is 6.34. The van der Waals surface area contributed by atoms with Crippen LogP contribution < -0.4 is 0 Å². The Kier molecular flexibility index (Phi) is 2.87. The van der Waals surface area contributed by atoms with Gasteiger partial charge in [0.1, 0.15) is 6.33 Å². The molecule has 13 heavy (non-hydrogen) atoms. The average Bonchev–Trinajstić information content (AvgIpc) is 2.71. The predicted octanol–water partition coefficient (Wildman–Crippen LogP) is 2.81. The average molecular weight is 232 g/mol. The van der Waals surface area contributed by atoms with Crippen molar-refractivity contribution >= 4 is 34.7 Å². The molecule has 0 fully saturated rings. The largest absolute Gasteiger partial charge is 0.254 e. The lowest BCUT2D eigenvalue weighted by molar-refractivity contribution is 0.973. The molecule has 0 aliphatic rings. The van der Waals surface area contributed by atoms with Crippen LogP contribution >= 0.6 is 34.7 Å². The topological polar surface area (TPSA) is 41.6 Å². The second kappa shape index (κ2) is 4.13. The van der Waals surface area contributed by atoms with E-state index < -0.39 is 0 Å². The fraction of sp³-hybridized carbons (Fsp3) is 0.143. The van der Waals surface area contributed by atoms with Crippen LogP contribution in [0.5, 0.6) is 0 Å². The zero-order valence-electron chi connectivity index (χ0n) is 6.53. The minimum atomic E-state index is 0.827. The molecule has 2 aromatic heterocycles. The van der Waals surface area contributed by atoms with Gasteiger partial charge in [0.15, 0.2) is 5.16 Å². The number of hydrogen-bond donors (Lipinski definition) is 1. The number of halogens is 1. The van der Waals surface area contributed by atoms with E-state index in [-0.39, 0.29) is 0 Å². The van der Waals surface area contributed by atoms with Crippen LogP contribution in [-0.4, -0.2) is 15.2 Å². The number of hydrogen-bond acceptors (Lipinski definition) is 4. The highest BCUT2D eigenvalue weighted by atomic mass is 35.5. The molecule has 0 spiro atoms. The SMILES string of the molecule is Clc1ccc(CSc2ncn[nH]2)s1. The third kappa shape index (κ3) is 2.46. The maximum Gasteiger partial charge on any atom is 0.183 e. The van der Waals surface area contributed by atoms with Gasteiger partial charge in [-0.1, -0.05) is 23.4 Å². The van der Waals surface area contributed by atoms with Crippen molar-refractivity contribution in [2.45, 2.75) is 10.9 Å². The van der Waals surface area contributed by atoms with Gasteiger partial charge < -0.3 is 0 Å². The third-order valence-corrected chi connectivity index (χ3v) is 3.71. The normalized spacial score (nSPS) is 10.5. The minimum Gasteiger partial charge on any atom is -0.254 e. The van der Waals surface area contributed by atoms with E-state index in [9.17, 15) is 0 Å². The van der Waals surface area contributed by atoms with Crippen molar-refractivity contribution in [3.63, 3.8) is 0 Å². The van der Waals surface area contributed by atoms with Gasteiger partial charge >= 0.3 is 0 Å². The van der Waals surface area contributed by atoms with Crippen molar-refractivity contribution in [1.82, 2.24) is 15.2 Å². The van der Waals surface area contributed by atoms with Gasteiger partial charge in [0, 0.05) is 10.6 Å². The van der Waals surface area contributed by atoms with Crippen LogP contribution in [0.25, 0.3) is 0 Å². The fourth-order valence-electron chi connectivity index (χ4n) is 0.833. The van der Waals surface area contributed by atoms with E-state index in [2.05, 4.69) is 15.2 Å². The van der Waals surface area contributed by atoms with Crippen molar-refractivity contribution in [2.24, 2.45) is 0 Å². The quantitative estimate of drug-likeness (QED) is 0.826. The van der Waals surface area contributed by atoms with Crippen LogP contribution in [0.3, 0.4) is 0 Å². The van der Waals surface area contributed by atoms with Gasteiger partial charge in [0.2, 0.25) is 0 Å². The van der Waals surface area contributed by atoms with Crippen molar-refractivity contribution in [3.05, 3.63) is 27.7 Å². The second-order valence-electron chi connectivity index (χ2n) is 2.29. The number of aromatic amines is 1. The van der Waals surface area contributed by atoms with E-state index in [1.165, 1.54) is 11.2 Å². The summed E-state index contributed by atoms with van der Waals surface area (Å²) in [7, 11) is 0. The molecule has 6 heteroatoms. The molecule has 0 atom stereocenters. The van der Waals surface area contributed by atoms with Crippen LogP contribution in [0.4, 0.5) is 0 Å². The molecule has 0 saturated heterocycles. The van der Waals surface area contributed by atoms with Gasteiger partial charge in [0.25, 0.3) is 0 Å². The smallest absolute Gasteiger partial charge is 0.183 e. The molecule has 0 bridgehead atoms. The maximum absolute atomic E-state index is 5.79. The van der Waals surface area contributed by atoms with Gasteiger partial charge in [0.05, 0.1) is 4.34 Å². The summed E-state index contributed by atoms with van der Waals surface area (Å²) in [5, 5.41) is 7.39. The van der Waals surface area contributed by atoms with Crippen molar-refractivity contribution in [3.8, 4) is 0 Å². The fourth-order valence-corrected chi connectivity index (χ4v) is 2.74. The Morgan fingerprint density at radius 3 is 3.08 bits per heavy atom. The van der Waals surface area contributed by atoms with Crippen LogP contribution in [-0.2, 0) is 5.75 Å². The second-order valence-corrected chi connectivity index (χ2v) is 5.05. The zero-order chi connectivity index (χ0) is 9.10. The molecule has 2 aromatic rings. The Morgan fingerprint density at radius 1 is 1.54 bits per heavy atom. The molecule has 0 amide bonds. The van der Waals surface area contributed by atoms with Crippen molar-refractivity contribution < 1.29 is 0 Å². The molecule has 68 valence electrons. The summed E-state index contributed by atoms with van der Waals surface area (Å²) < 4.78 is 0.827. The maximum atomic E-state index is 5.79. The first-order valence-electron chi connectivity index (χ1n) is 3.57. The van der Waals surface area contributed by atoms with E-state index in [0.717, 1.165) is 15.2 Å². The van der Waals surface area contributed by atoms with E-state index in [1.54, 1.807) is 23.1 Å². The molecule has 0 aliphatic heterocycles. The van der Waals surface area contributed by atoms with Gasteiger partial charge in [-0.25, -0.2) is 4.98 Å². The predicted molar refractivity (Wildman–Crippen MR) is 55.3 cm³/mol. The van der Waals surface area contributed by atoms with Crippen LogP contribution in [0.2, 0.25) is 4.34 Å². The standard InChI is InChI=1S/C7H6ClN3S2/c8-6-2-1-5(13-6)3-12-7-9-4-10-11-7/h1-2,4H,3H2,(H,9,10,11). The molecule has 0 radical (unpaired) electrons. The summed E-state index contributed by atoms with van der Waals surface area (Å²) in [5.41, 5.74) is 0. The van der Waals surface area contributed by atoms with Crippen molar-refractivity contribution in [1.29, 1.82) is 0 Å². The number of rotatable bonds is 3. The first-order valence-corrected chi connectivity index (χ1v) is 5.75. The lowest BCUT2D eigenvalue weighted by Crippen LogP contribution is -1.76. The number of nitrogens with zero attached hydrogens (tertiary/aromatic N) is 2. The van der Waals surface area contributed by atoms with E-state index >= 15 is 0 Å². The minimum absolute atomic E-state index is 0.827. The van der Waals surface area contributed by atoms with E-state index in [0.29, 0.717) is 0 Å². The van der Waals surface area contributed by atoms with Gasteiger partial charge in [-0.3, -0.25) is 5.10 Å². The molecule has 2 rings (SSSR count). The number of thioether (sulfide) groups is 1. The highest BCUT2D eigenvalue weighted by Gasteiger charge is 2.00. The lowest BCUT2D eigenvalue weighted by atomic mass is 10.5. The molecular weight excluding hydrogens is 226 g/mol. The molecule has 0 aliphatic carbocycles. The van der Waals surface area contributed by atoms with Gasteiger partial charge in [-0.2, -0.15) is 5.10 Å². The van der Waals surface area contributed by atoms with Gasteiger partial charge in [-0.15, -0.1) is 11.3 Å². The Labute approximate surface area is 88.5 Å². The van der Waals surface area contributed by atoms with Crippen molar-refractivity contribution in [2.75, 3.05) is 0 Å². The summed E-state index contributed by atoms with van der Waals surface area (Å²) in [6.45, 7) is 0. The highest BCUT2D eigenvalue weighted by Crippen LogP contribution is 2.26. The molecular formula is C7H6ClN3S2. The molecule has 0 unspecified atom stereocenters. The zero-order valence-corrected chi connectivity index (χ0v) is 8.92. The summed E-state index contributed by atoms with van der Waals surface area (Å²) >= 11 is 9.00. The lowest BCUT2D eigenvalue weighted by Gasteiger charge is -1.92. The van der Waals surface area contributed by atoms with Crippen LogP contribution in [0, 0.1) is 0 Å². The summed E-state index contributed by atoms with van der Waals surface area (Å²) in [6.07, 6.45) is 1.50. The Balaban J connectivity index is 1.93. The first kappa shape index (κ1) is 9.05. The molecule has 0 saturated carbocycles. The summed E-state index contributed by atoms with van der Waals surface area (Å²) in [5.74, 6) is 0.882. The number of aromatic nitrogens is 3. The summed E-state index contributed by atoms with van der Waals surface area (Å²) in [4.78, 5) is 5.25. The Hall–Kier alpha value is -0.520. The molecule has 0 aromatic carbocycles. The summed E-state index contributed by atoms with van der Waals surface area (Å²) in [6, 6.07) is 3.93. The van der Waals surface area contributed by atoms with E-state index in [4.69, 9.17) is 11.6 Å². The van der Waals surface area contributed by atoms with Crippen LogP contribution in [0.15, 0.2) is 23.6 Å². The molecule has 1 N–H and O–H groups in total. The van der Waals surface area contributed by atoms with Gasteiger partial charge in [-0.05, 0) is 12.1 Å². The molecule has 2 heterocycles. The Morgan fingerprint density at radius 2 is 2.46 bits per heavy atom. The number of nitrogens with one attached hydrogen (secondary N) is 1.